The first-order chi connectivity index (χ1) is 18.7. The van der Waals surface area contributed by atoms with Crippen LogP contribution in [-0.4, -0.2) is 54.9 Å². The van der Waals surface area contributed by atoms with Crippen LogP contribution in [0.25, 0.3) is 12.0 Å². The van der Waals surface area contributed by atoms with E-state index in [1.807, 2.05) is 6.07 Å². The van der Waals surface area contributed by atoms with E-state index in [9.17, 15) is 9.18 Å². The maximum absolute atomic E-state index is 12.7. The Hall–Kier alpha value is -5.33. The summed E-state index contributed by atoms with van der Waals surface area (Å²) in [6, 6.07) is 13.2. The highest BCUT2D eigenvalue weighted by molar-refractivity contribution is 5.95. The molecule has 0 fully saturated rings. The second-order valence-electron chi connectivity index (χ2n) is 7.94. The number of nitrogen functional groups attached to an aromatic ring is 1. The Labute approximate surface area is 222 Å². The summed E-state index contributed by atoms with van der Waals surface area (Å²) in [6.45, 7) is 4.17. The number of carbonyl (C=O) groups is 1. The van der Waals surface area contributed by atoms with E-state index in [-0.39, 0.29) is 24.2 Å². The molecule has 0 amide bonds. The van der Waals surface area contributed by atoms with Crippen molar-refractivity contribution < 1.29 is 19.0 Å². The van der Waals surface area contributed by atoms with Crippen LogP contribution in [0, 0.1) is 5.41 Å². The first kappa shape index (κ1) is 28.2. The molecule has 4 aromatic rings. The molecule has 2 heterocycles. The molecular formula is C26H27FN8O4. The predicted octanol–water partition coefficient (Wildman–Crippen LogP) is 2.92. The molecule has 2 aromatic carbocycles. The molecule has 0 aliphatic heterocycles. The Morgan fingerprint density at radius 2 is 1.95 bits per heavy atom. The van der Waals surface area contributed by atoms with Gasteiger partial charge in [0.25, 0.3) is 11.9 Å². The van der Waals surface area contributed by atoms with Gasteiger partial charge in [0.05, 0.1) is 0 Å². The molecule has 0 radical (unpaired) electrons. The zero-order valence-corrected chi connectivity index (χ0v) is 21.0. The molecule has 0 bridgehead atoms. The fourth-order valence-corrected chi connectivity index (χ4v) is 3.40. The van der Waals surface area contributed by atoms with Gasteiger partial charge < -0.3 is 20.9 Å². The molecule has 0 saturated heterocycles. The van der Waals surface area contributed by atoms with Crippen molar-refractivity contribution >= 4 is 23.6 Å². The number of carboxylic acids is 1. The second kappa shape index (κ2) is 13.3. The zero-order chi connectivity index (χ0) is 28.4. The summed E-state index contributed by atoms with van der Waals surface area (Å²) in [7, 11) is 0. The van der Waals surface area contributed by atoms with Gasteiger partial charge in [0.1, 0.15) is 30.9 Å². The summed E-state index contributed by atoms with van der Waals surface area (Å²) in [5.41, 5.74) is 7.72. The number of H-pyrrole nitrogens is 1. The monoisotopic (exact) mass is 534 g/mol. The van der Waals surface area contributed by atoms with Crippen molar-refractivity contribution in [2.75, 3.05) is 18.6 Å². The van der Waals surface area contributed by atoms with Crippen molar-refractivity contribution in [1.29, 1.82) is 5.41 Å². The van der Waals surface area contributed by atoms with Crippen LogP contribution >= 0.6 is 0 Å². The Morgan fingerprint density at radius 3 is 2.54 bits per heavy atom. The van der Waals surface area contributed by atoms with Crippen molar-refractivity contribution in [3.63, 3.8) is 0 Å². The number of halogens is 1. The molecule has 202 valence electrons. The van der Waals surface area contributed by atoms with Gasteiger partial charge in [-0.15, -0.1) is 9.78 Å². The van der Waals surface area contributed by atoms with Gasteiger partial charge in [-0.3, -0.25) is 15.2 Å². The highest BCUT2D eigenvalue weighted by Gasteiger charge is 2.22. The van der Waals surface area contributed by atoms with Crippen LogP contribution in [0.5, 0.6) is 5.75 Å². The molecule has 0 saturated carbocycles. The Bertz CT molecular complexity index is 1480. The van der Waals surface area contributed by atoms with E-state index >= 15 is 0 Å². The topological polar surface area (TPSA) is 185 Å². The zero-order valence-electron chi connectivity index (χ0n) is 21.0. The van der Waals surface area contributed by atoms with Gasteiger partial charge in [-0.1, -0.05) is 12.7 Å². The number of nitrogens with two attached hydrogens (primary N) is 1. The van der Waals surface area contributed by atoms with Gasteiger partial charge in [-0.2, -0.15) is 0 Å². The number of hydrogen-bond acceptors (Lipinski definition) is 8. The maximum atomic E-state index is 12.7. The van der Waals surface area contributed by atoms with E-state index in [4.69, 9.17) is 25.8 Å². The lowest BCUT2D eigenvalue weighted by atomic mass is 10.0. The molecule has 0 spiro atoms. The number of benzene rings is 2. The molecule has 0 aliphatic rings. The summed E-state index contributed by atoms with van der Waals surface area (Å²) < 4.78 is 19.3. The van der Waals surface area contributed by atoms with Crippen LogP contribution in [0.2, 0.25) is 0 Å². The van der Waals surface area contributed by atoms with Crippen LogP contribution in [0.15, 0.2) is 72.3 Å². The van der Waals surface area contributed by atoms with E-state index < -0.39 is 24.4 Å². The number of aromatic amines is 1. The standard InChI is InChI=1S/C24H23FN8O2.C2H4O2/c1-2-15-12-17(14-19(13-15)35-11-8-25)20(30-18-6-4-16(5-7-18)21(26)27)22-31-24(34)33(32-22)23-28-9-3-10-29-23;1-2(3)4/h2-7,9-10,12-14,20,30H,1,8,11H2,(H3,26,27)(H,31,32,34);1H3,(H,3,4). The first-order valence-corrected chi connectivity index (χ1v) is 11.5. The lowest BCUT2D eigenvalue weighted by Crippen LogP contribution is -2.18. The van der Waals surface area contributed by atoms with Gasteiger partial charge in [0.15, 0.2) is 5.82 Å². The smallest absolute Gasteiger partial charge is 0.350 e. The number of hydrogen-bond donors (Lipinski definition) is 5. The summed E-state index contributed by atoms with van der Waals surface area (Å²) in [4.78, 5) is 32.6. The highest BCUT2D eigenvalue weighted by Crippen LogP contribution is 2.29. The average Bonchev–Trinajstić information content (AvgIpc) is 3.31. The number of nitrogens with zero attached hydrogens (tertiary/aromatic N) is 4. The van der Waals surface area contributed by atoms with E-state index in [0.717, 1.165) is 17.2 Å². The minimum atomic E-state index is -0.833. The number of ether oxygens (including phenoxy) is 1. The van der Waals surface area contributed by atoms with Gasteiger partial charge in [0.2, 0.25) is 0 Å². The van der Waals surface area contributed by atoms with Crippen LogP contribution < -0.4 is 21.5 Å². The third-order valence-electron chi connectivity index (χ3n) is 5.02. The summed E-state index contributed by atoms with van der Waals surface area (Å²) >= 11 is 0. The van der Waals surface area contributed by atoms with Crippen LogP contribution in [-0.2, 0) is 4.79 Å². The summed E-state index contributed by atoms with van der Waals surface area (Å²) in [5.74, 6) is -0.0264. The molecule has 39 heavy (non-hydrogen) atoms. The van der Waals surface area contributed by atoms with Gasteiger partial charge in [0, 0.05) is 30.6 Å². The number of nitrogens with one attached hydrogen (secondary N) is 3. The Balaban J connectivity index is 0.000000983. The van der Waals surface area contributed by atoms with E-state index in [1.54, 1.807) is 48.5 Å². The number of carboxylic acid groups (broad SMARTS) is 1. The van der Waals surface area contributed by atoms with Crippen molar-refractivity contribution in [2.24, 2.45) is 5.73 Å². The van der Waals surface area contributed by atoms with Gasteiger partial charge in [-0.05, 0) is 59.7 Å². The first-order valence-electron chi connectivity index (χ1n) is 11.5. The molecule has 0 aliphatic carbocycles. The van der Waals surface area contributed by atoms with Gasteiger partial charge >= 0.3 is 5.69 Å². The average molecular weight is 535 g/mol. The lowest BCUT2D eigenvalue weighted by molar-refractivity contribution is -0.134. The molecule has 12 nitrogen and oxygen atoms in total. The van der Waals surface area contributed by atoms with Crippen molar-refractivity contribution in [1.82, 2.24) is 24.7 Å². The lowest BCUT2D eigenvalue weighted by Gasteiger charge is -2.20. The third kappa shape index (κ3) is 7.82. The maximum Gasteiger partial charge on any atom is 0.350 e. The number of rotatable bonds is 10. The molecule has 2 aromatic heterocycles. The second-order valence-corrected chi connectivity index (χ2v) is 7.94. The van der Waals surface area contributed by atoms with E-state index in [2.05, 4.69) is 31.9 Å². The number of amidine groups is 1. The number of aromatic nitrogens is 5. The van der Waals surface area contributed by atoms with Crippen molar-refractivity contribution in [3.05, 3.63) is 101 Å². The van der Waals surface area contributed by atoms with E-state index in [0.29, 0.717) is 22.6 Å². The molecule has 6 N–H and O–H groups in total. The Kier molecular flexibility index (Phi) is 9.62. The Morgan fingerprint density at radius 1 is 1.28 bits per heavy atom. The molecule has 4 rings (SSSR count). The van der Waals surface area contributed by atoms with Crippen LogP contribution in [0.4, 0.5) is 10.1 Å². The molecule has 1 unspecified atom stereocenters. The fourth-order valence-electron chi connectivity index (χ4n) is 3.40. The minimum Gasteiger partial charge on any atom is -0.491 e. The predicted molar refractivity (Wildman–Crippen MR) is 144 cm³/mol. The highest BCUT2D eigenvalue weighted by atomic mass is 19.1. The van der Waals surface area contributed by atoms with Crippen molar-refractivity contribution in [2.45, 2.75) is 13.0 Å². The van der Waals surface area contributed by atoms with Crippen molar-refractivity contribution in [3.8, 4) is 11.7 Å². The minimum absolute atomic E-state index is 0.0487. The number of anilines is 1. The number of alkyl halides is 1. The third-order valence-corrected chi connectivity index (χ3v) is 5.02. The molecule has 13 heteroatoms. The molecule has 1 atom stereocenters. The molecular weight excluding hydrogens is 507 g/mol. The van der Waals surface area contributed by atoms with Crippen LogP contribution in [0.1, 0.15) is 35.5 Å². The van der Waals surface area contributed by atoms with Crippen LogP contribution in [0.3, 0.4) is 0 Å². The number of aliphatic carboxylic acids is 1. The SMILES string of the molecule is C=Cc1cc(OCCF)cc(C(Nc2ccc(C(=N)N)cc2)c2nn(-c3ncccn3)c(=O)[nH]2)c1.CC(=O)O. The summed E-state index contributed by atoms with van der Waals surface area (Å²) in [6.07, 6.45) is 4.67. The largest absolute Gasteiger partial charge is 0.491 e. The van der Waals surface area contributed by atoms with Gasteiger partial charge in [-0.25, -0.2) is 19.2 Å². The summed E-state index contributed by atoms with van der Waals surface area (Å²) in [5, 5.41) is 22.8. The normalized spacial score (nSPS) is 11.0. The quantitative estimate of drug-likeness (QED) is 0.151. The van der Waals surface area contributed by atoms with E-state index in [1.165, 1.54) is 12.4 Å². The fraction of sp³-hybridized carbons (Fsp3) is 0.154.